The van der Waals surface area contributed by atoms with Gasteiger partial charge in [-0.1, -0.05) is 84.9 Å². The molecule has 3 heteroatoms. The molecule has 1 unspecified atom stereocenters. The number of benzene rings is 3. The SMILES string of the molecule is O=C(CC(c1ccccc1)c1ccccc1)NCC1Cc2ccccc2CO1. The van der Waals surface area contributed by atoms with Gasteiger partial charge in [0, 0.05) is 25.3 Å². The first-order valence-corrected chi connectivity index (χ1v) is 9.84. The van der Waals surface area contributed by atoms with Gasteiger partial charge in [0.05, 0.1) is 12.7 Å². The highest BCUT2D eigenvalue weighted by atomic mass is 16.5. The largest absolute Gasteiger partial charge is 0.371 e. The van der Waals surface area contributed by atoms with E-state index < -0.39 is 0 Å². The van der Waals surface area contributed by atoms with Gasteiger partial charge in [0.2, 0.25) is 5.91 Å². The van der Waals surface area contributed by atoms with E-state index in [0.717, 1.165) is 17.5 Å². The Hall–Kier alpha value is -2.91. The molecule has 3 aromatic carbocycles. The van der Waals surface area contributed by atoms with Gasteiger partial charge in [-0.2, -0.15) is 0 Å². The Kier molecular flexibility index (Phi) is 5.83. The topological polar surface area (TPSA) is 38.3 Å². The van der Waals surface area contributed by atoms with E-state index in [1.165, 1.54) is 11.1 Å². The van der Waals surface area contributed by atoms with E-state index in [-0.39, 0.29) is 17.9 Å². The Morgan fingerprint density at radius 2 is 1.43 bits per heavy atom. The highest BCUT2D eigenvalue weighted by Crippen LogP contribution is 2.28. The minimum Gasteiger partial charge on any atom is -0.371 e. The quantitative estimate of drug-likeness (QED) is 0.694. The average molecular weight is 371 g/mol. The van der Waals surface area contributed by atoms with Crippen LogP contribution < -0.4 is 5.32 Å². The van der Waals surface area contributed by atoms with Crippen LogP contribution in [0.1, 0.15) is 34.6 Å². The van der Waals surface area contributed by atoms with Crippen LogP contribution >= 0.6 is 0 Å². The van der Waals surface area contributed by atoms with E-state index in [0.29, 0.717) is 19.6 Å². The van der Waals surface area contributed by atoms with E-state index in [2.05, 4.69) is 47.8 Å². The molecule has 1 aliphatic rings. The van der Waals surface area contributed by atoms with Crippen LogP contribution in [0.15, 0.2) is 84.9 Å². The summed E-state index contributed by atoms with van der Waals surface area (Å²) in [5, 5.41) is 3.09. The Labute approximate surface area is 166 Å². The summed E-state index contributed by atoms with van der Waals surface area (Å²) in [6.45, 7) is 1.16. The van der Waals surface area contributed by atoms with Crippen molar-refractivity contribution in [2.45, 2.75) is 31.5 Å². The lowest BCUT2D eigenvalue weighted by Gasteiger charge is -2.26. The zero-order valence-electron chi connectivity index (χ0n) is 15.9. The van der Waals surface area contributed by atoms with Gasteiger partial charge in [-0.15, -0.1) is 0 Å². The molecule has 0 bridgehead atoms. The van der Waals surface area contributed by atoms with Crippen LogP contribution in [0.3, 0.4) is 0 Å². The molecule has 28 heavy (non-hydrogen) atoms. The maximum Gasteiger partial charge on any atom is 0.221 e. The van der Waals surface area contributed by atoms with Crippen LogP contribution in [0.2, 0.25) is 0 Å². The molecule has 0 fully saturated rings. The first kappa shape index (κ1) is 18.5. The maximum absolute atomic E-state index is 12.7. The molecule has 1 heterocycles. The van der Waals surface area contributed by atoms with E-state index in [1.54, 1.807) is 0 Å². The van der Waals surface area contributed by atoms with Crippen LogP contribution in [0.25, 0.3) is 0 Å². The zero-order valence-corrected chi connectivity index (χ0v) is 15.9. The van der Waals surface area contributed by atoms with Crippen molar-refractivity contribution in [2.75, 3.05) is 6.54 Å². The molecule has 0 aliphatic carbocycles. The Morgan fingerprint density at radius 1 is 0.857 bits per heavy atom. The van der Waals surface area contributed by atoms with Gasteiger partial charge in [-0.05, 0) is 22.3 Å². The lowest BCUT2D eigenvalue weighted by atomic mass is 9.88. The third-order valence-electron chi connectivity index (χ3n) is 5.36. The van der Waals surface area contributed by atoms with Gasteiger partial charge in [0.15, 0.2) is 0 Å². The van der Waals surface area contributed by atoms with Gasteiger partial charge >= 0.3 is 0 Å². The van der Waals surface area contributed by atoms with Crippen LogP contribution in [-0.2, 0) is 22.6 Å². The second-order valence-corrected chi connectivity index (χ2v) is 7.29. The minimum absolute atomic E-state index is 0.0331. The molecular formula is C25H25NO2. The van der Waals surface area contributed by atoms with Crippen LogP contribution in [0.4, 0.5) is 0 Å². The van der Waals surface area contributed by atoms with E-state index in [1.807, 2.05) is 42.5 Å². The summed E-state index contributed by atoms with van der Waals surface area (Å²) in [4.78, 5) is 12.7. The average Bonchev–Trinajstić information content (AvgIpc) is 2.77. The number of hydrogen-bond donors (Lipinski definition) is 1. The van der Waals surface area contributed by atoms with Gasteiger partial charge in [0.1, 0.15) is 0 Å². The summed E-state index contributed by atoms with van der Waals surface area (Å²) in [5.74, 6) is 0.107. The van der Waals surface area contributed by atoms with Crippen LogP contribution in [0, 0.1) is 0 Å². The lowest BCUT2D eigenvalue weighted by Crippen LogP contribution is -2.37. The number of carbonyl (C=O) groups is 1. The first-order valence-electron chi connectivity index (χ1n) is 9.84. The van der Waals surface area contributed by atoms with Crippen LogP contribution in [0.5, 0.6) is 0 Å². The molecule has 1 aliphatic heterocycles. The fourth-order valence-corrected chi connectivity index (χ4v) is 3.82. The van der Waals surface area contributed by atoms with E-state index >= 15 is 0 Å². The molecule has 3 aromatic rings. The predicted molar refractivity (Wildman–Crippen MR) is 111 cm³/mol. The van der Waals surface area contributed by atoms with Gasteiger partial charge in [-0.3, -0.25) is 4.79 Å². The molecule has 0 radical (unpaired) electrons. The van der Waals surface area contributed by atoms with Crippen molar-refractivity contribution < 1.29 is 9.53 Å². The van der Waals surface area contributed by atoms with Gasteiger partial charge in [0.25, 0.3) is 0 Å². The number of hydrogen-bond acceptors (Lipinski definition) is 2. The molecular weight excluding hydrogens is 346 g/mol. The number of carbonyl (C=O) groups excluding carboxylic acids is 1. The van der Waals surface area contributed by atoms with Gasteiger partial charge < -0.3 is 10.1 Å². The summed E-state index contributed by atoms with van der Waals surface area (Å²) in [6.07, 6.45) is 1.31. The first-order chi connectivity index (χ1) is 13.8. The lowest BCUT2D eigenvalue weighted by molar-refractivity contribution is -0.122. The molecule has 0 aromatic heterocycles. The standard InChI is InChI=1S/C25H25NO2/c27-25(26-17-23-15-21-13-7-8-14-22(21)18-28-23)16-24(19-9-3-1-4-10-19)20-11-5-2-6-12-20/h1-14,23-24H,15-18H2,(H,26,27). The fraction of sp³-hybridized carbons (Fsp3) is 0.240. The van der Waals surface area contributed by atoms with Crippen LogP contribution in [-0.4, -0.2) is 18.6 Å². The zero-order chi connectivity index (χ0) is 19.2. The van der Waals surface area contributed by atoms with Crippen molar-refractivity contribution in [1.82, 2.24) is 5.32 Å². The monoisotopic (exact) mass is 371 g/mol. The molecule has 1 N–H and O–H groups in total. The fourth-order valence-electron chi connectivity index (χ4n) is 3.82. The number of rotatable bonds is 6. The molecule has 1 atom stereocenters. The van der Waals surface area contributed by atoms with E-state index in [9.17, 15) is 4.79 Å². The number of ether oxygens (including phenoxy) is 1. The van der Waals surface area contributed by atoms with Crippen molar-refractivity contribution >= 4 is 5.91 Å². The second-order valence-electron chi connectivity index (χ2n) is 7.29. The maximum atomic E-state index is 12.7. The smallest absolute Gasteiger partial charge is 0.221 e. The summed E-state index contributed by atoms with van der Waals surface area (Å²) in [6, 6.07) is 28.8. The predicted octanol–water partition coefficient (Wildman–Crippen LogP) is 4.47. The third-order valence-corrected chi connectivity index (χ3v) is 5.36. The van der Waals surface area contributed by atoms with Crippen molar-refractivity contribution in [3.05, 3.63) is 107 Å². The third kappa shape index (κ3) is 4.49. The summed E-state index contributed by atoms with van der Waals surface area (Å²) in [5.41, 5.74) is 4.89. The molecule has 0 saturated carbocycles. The summed E-state index contributed by atoms with van der Waals surface area (Å²) in [7, 11) is 0. The van der Waals surface area contributed by atoms with Crippen molar-refractivity contribution in [1.29, 1.82) is 0 Å². The summed E-state index contributed by atoms with van der Waals surface area (Å²) >= 11 is 0. The molecule has 0 spiro atoms. The second kappa shape index (κ2) is 8.85. The number of fused-ring (bicyclic) bond motifs is 1. The number of nitrogens with one attached hydrogen (secondary N) is 1. The molecule has 3 nitrogen and oxygen atoms in total. The Balaban J connectivity index is 1.39. The normalized spacial score (nSPS) is 15.8. The van der Waals surface area contributed by atoms with Crippen molar-refractivity contribution in [3.8, 4) is 0 Å². The van der Waals surface area contributed by atoms with Crippen molar-refractivity contribution in [3.63, 3.8) is 0 Å². The van der Waals surface area contributed by atoms with Crippen molar-refractivity contribution in [2.24, 2.45) is 0 Å². The Morgan fingerprint density at radius 3 is 2.07 bits per heavy atom. The highest BCUT2D eigenvalue weighted by molar-refractivity contribution is 5.77. The van der Waals surface area contributed by atoms with Gasteiger partial charge in [-0.25, -0.2) is 0 Å². The molecule has 4 rings (SSSR count). The minimum atomic E-state index is 0.0331. The van der Waals surface area contributed by atoms with E-state index in [4.69, 9.17) is 4.74 Å². The highest BCUT2D eigenvalue weighted by Gasteiger charge is 2.21. The molecule has 142 valence electrons. The molecule has 1 amide bonds. The number of amides is 1. The summed E-state index contributed by atoms with van der Waals surface area (Å²) < 4.78 is 5.91. The Bertz CT molecular complexity index is 869. The molecule has 0 saturated heterocycles.